The molecule has 0 spiro atoms. The van der Waals surface area contributed by atoms with E-state index in [1.165, 1.54) is 23.4 Å². The summed E-state index contributed by atoms with van der Waals surface area (Å²) in [7, 11) is 5.29. The van der Waals surface area contributed by atoms with Crippen LogP contribution in [0.15, 0.2) is 18.2 Å². The SMILES string of the molecule is CNC(c1nc2c(s1)CCC2)c1cccc(OC)c1OC. The van der Waals surface area contributed by atoms with Gasteiger partial charge in [0.25, 0.3) is 0 Å². The molecule has 1 unspecified atom stereocenters. The first-order chi connectivity index (χ1) is 10.3. The molecule has 5 heteroatoms. The number of para-hydroxylation sites is 1. The van der Waals surface area contributed by atoms with Gasteiger partial charge in [-0.25, -0.2) is 4.98 Å². The minimum atomic E-state index is 0.0330. The quantitative estimate of drug-likeness (QED) is 0.922. The van der Waals surface area contributed by atoms with Gasteiger partial charge in [0, 0.05) is 10.4 Å². The normalized spacial score (nSPS) is 14.8. The maximum atomic E-state index is 5.56. The lowest BCUT2D eigenvalue weighted by molar-refractivity contribution is 0.349. The number of aromatic nitrogens is 1. The molecule has 0 aliphatic heterocycles. The molecule has 1 atom stereocenters. The molecule has 0 fully saturated rings. The summed E-state index contributed by atoms with van der Waals surface area (Å²) in [5, 5.41) is 4.47. The van der Waals surface area contributed by atoms with Crippen LogP contribution >= 0.6 is 11.3 Å². The summed E-state index contributed by atoms with van der Waals surface area (Å²) in [5.74, 6) is 1.52. The lowest BCUT2D eigenvalue weighted by Crippen LogP contribution is -2.18. The van der Waals surface area contributed by atoms with Gasteiger partial charge in [-0.3, -0.25) is 0 Å². The Hall–Kier alpha value is -1.59. The van der Waals surface area contributed by atoms with Crippen molar-refractivity contribution in [3.05, 3.63) is 39.3 Å². The third-order valence-corrected chi connectivity index (χ3v) is 5.11. The molecule has 1 aromatic heterocycles. The molecule has 1 aliphatic carbocycles. The number of fused-ring (bicyclic) bond motifs is 1. The molecule has 0 amide bonds. The average Bonchev–Trinajstić information content (AvgIpc) is 3.09. The zero-order valence-corrected chi connectivity index (χ0v) is 13.4. The fourth-order valence-corrected chi connectivity index (χ4v) is 4.17. The van der Waals surface area contributed by atoms with Crippen LogP contribution in [0.2, 0.25) is 0 Å². The largest absolute Gasteiger partial charge is 0.493 e. The number of benzene rings is 1. The zero-order valence-electron chi connectivity index (χ0n) is 12.6. The molecule has 4 nitrogen and oxygen atoms in total. The van der Waals surface area contributed by atoms with Crippen molar-refractivity contribution in [1.29, 1.82) is 0 Å². The fraction of sp³-hybridized carbons (Fsp3) is 0.438. The van der Waals surface area contributed by atoms with Crippen LogP contribution in [0.25, 0.3) is 0 Å². The second-order valence-corrected chi connectivity index (χ2v) is 6.20. The summed E-state index contributed by atoms with van der Waals surface area (Å²) in [4.78, 5) is 6.27. The van der Waals surface area contributed by atoms with E-state index in [9.17, 15) is 0 Å². The Morgan fingerprint density at radius 1 is 1.24 bits per heavy atom. The first-order valence-corrected chi connectivity index (χ1v) is 7.96. The van der Waals surface area contributed by atoms with Gasteiger partial charge in [-0.05, 0) is 32.4 Å². The Kier molecular flexibility index (Phi) is 4.12. The van der Waals surface area contributed by atoms with Gasteiger partial charge < -0.3 is 14.8 Å². The highest BCUT2D eigenvalue weighted by molar-refractivity contribution is 7.11. The topological polar surface area (TPSA) is 43.4 Å². The standard InChI is InChI=1S/C16H20N2O2S/c1-17-14(16-18-11-7-5-9-13(11)21-16)10-6-4-8-12(19-2)15(10)20-3/h4,6,8,14,17H,5,7,9H2,1-3H3. The van der Waals surface area contributed by atoms with Crippen LogP contribution in [0.4, 0.5) is 0 Å². The number of nitrogens with zero attached hydrogens (tertiary/aromatic N) is 1. The summed E-state index contributed by atoms with van der Waals surface area (Å²) in [6, 6.07) is 6.00. The lowest BCUT2D eigenvalue weighted by atomic mass is 10.1. The first-order valence-electron chi connectivity index (χ1n) is 7.15. The molecule has 3 rings (SSSR count). The number of hydrogen-bond acceptors (Lipinski definition) is 5. The number of hydrogen-bond donors (Lipinski definition) is 1. The summed E-state index contributed by atoms with van der Waals surface area (Å²) in [6.07, 6.45) is 3.51. The van der Waals surface area contributed by atoms with Crippen LogP contribution in [0.1, 0.15) is 33.6 Å². The molecule has 2 aromatic rings. The molecule has 0 saturated carbocycles. The third kappa shape index (κ3) is 2.51. The Bertz CT molecular complexity index is 618. The van der Waals surface area contributed by atoms with Crippen LogP contribution in [0, 0.1) is 0 Å². The molecule has 0 bridgehead atoms. The van der Waals surface area contributed by atoms with Gasteiger partial charge in [0.05, 0.1) is 26.0 Å². The van der Waals surface area contributed by atoms with Gasteiger partial charge in [0.1, 0.15) is 5.01 Å². The minimum absolute atomic E-state index is 0.0330. The van der Waals surface area contributed by atoms with Gasteiger partial charge in [-0.2, -0.15) is 0 Å². The van der Waals surface area contributed by atoms with E-state index in [1.807, 2.05) is 30.5 Å². The highest BCUT2D eigenvalue weighted by atomic mass is 32.1. The van der Waals surface area contributed by atoms with Crippen LogP contribution in [0.3, 0.4) is 0 Å². The van der Waals surface area contributed by atoms with Crippen molar-refractivity contribution >= 4 is 11.3 Å². The molecule has 1 N–H and O–H groups in total. The number of thiazole rings is 1. The van der Waals surface area contributed by atoms with E-state index in [-0.39, 0.29) is 6.04 Å². The highest BCUT2D eigenvalue weighted by Crippen LogP contribution is 2.39. The van der Waals surface area contributed by atoms with Crippen LogP contribution in [0.5, 0.6) is 11.5 Å². The van der Waals surface area contributed by atoms with Crippen LogP contribution < -0.4 is 14.8 Å². The Morgan fingerprint density at radius 2 is 2.10 bits per heavy atom. The summed E-state index contributed by atoms with van der Waals surface area (Å²) < 4.78 is 11.0. The Labute approximate surface area is 129 Å². The molecule has 1 aliphatic rings. The number of rotatable bonds is 5. The zero-order chi connectivity index (χ0) is 14.8. The van der Waals surface area contributed by atoms with E-state index in [2.05, 4.69) is 11.4 Å². The first kappa shape index (κ1) is 14.4. The maximum Gasteiger partial charge on any atom is 0.165 e. The van der Waals surface area contributed by atoms with Gasteiger partial charge in [-0.1, -0.05) is 12.1 Å². The van der Waals surface area contributed by atoms with Crippen LogP contribution in [-0.2, 0) is 12.8 Å². The van der Waals surface area contributed by atoms with E-state index in [4.69, 9.17) is 14.5 Å². The average molecular weight is 304 g/mol. The van der Waals surface area contributed by atoms with Gasteiger partial charge in [-0.15, -0.1) is 11.3 Å². The Balaban J connectivity index is 2.03. The molecule has 1 aromatic carbocycles. The van der Waals surface area contributed by atoms with Crippen molar-refractivity contribution in [2.45, 2.75) is 25.3 Å². The minimum Gasteiger partial charge on any atom is -0.493 e. The third-order valence-electron chi connectivity index (χ3n) is 3.89. The molecule has 0 radical (unpaired) electrons. The summed E-state index contributed by atoms with van der Waals surface area (Å²) >= 11 is 1.81. The second-order valence-electron chi connectivity index (χ2n) is 5.08. The van der Waals surface area contributed by atoms with E-state index >= 15 is 0 Å². The summed E-state index contributed by atoms with van der Waals surface area (Å²) in [5.41, 5.74) is 2.34. The molecule has 21 heavy (non-hydrogen) atoms. The highest BCUT2D eigenvalue weighted by Gasteiger charge is 2.25. The van der Waals surface area contributed by atoms with E-state index in [1.54, 1.807) is 14.2 Å². The van der Waals surface area contributed by atoms with Crippen molar-refractivity contribution in [3.63, 3.8) is 0 Å². The van der Waals surface area contributed by atoms with Crippen molar-refractivity contribution in [3.8, 4) is 11.5 Å². The molecular weight excluding hydrogens is 284 g/mol. The van der Waals surface area contributed by atoms with E-state index in [0.29, 0.717) is 0 Å². The molecule has 112 valence electrons. The van der Waals surface area contributed by atoms with Crippen molar-refractivity contribution in [1.82, 2.24) is 10.3 Å². The lowest BCUT2D eigenvalue weighted by Gasteiger charge is -2.19. The number of aryl methyl sites for hydroxylation is 2. The smallest absolute Gasteiger partial charge is 0.165 e. The predicted molar refractivity (Wildman–Crippen MR) is 84.6 cm³/mol. The molecule has 0 saturated heterocycles. The van der Waals surface area contributed by atoms with Gasteiger partial charge in [0.15, 0.2) is 11.5 Å². The van der Waals surface area contributed by atoms with Crippen molar-refractivity contribution < 1.29 is 9.47 Å². The Morgan fingerprint density at radius 3 is 2.76 bits per heavy atom. The van der Waals surface area contributed by atoms with Crippen molar-refractivity contribution in [2.24, 2.45) is 0 Å². The van der Waals surface area contributed by atoms with Gasteiger partial charge in [0.2, 0.25) is 0 Å². The predicted octanol–water partition coefficient (Wildman–Crippen LogP) is 2.96. The van der Waals surface area contributed by atoms with E-state index in [0.717, 1.165) is 28.5 Å². The second kappa shape index (κ2) is 6.03. The van der Waals surface area contributed by atoms with Crippen molar-refractivity contribution in [2.75, 3.05) is 21.3 Å². The summed E-state index contributed by atoms with van der Waals surface area (Å²) in [6.45, 7) is 0. The molecule has 1 heterocycles. The number of methoxy groups -OCH3 is 2. The van der Waals surface area contributed by atoms with E-state index < -0.39 is 0 Å². The molecular formula is C16H20N2O2S. The van der Waals surface area contributed by atoms with Crippen LogP contribution in [-0.4, -0.2) is 26.3 Å². The number of nitrogens with one attached hydrogen (secondary N) is 1. The van der Waals surface area contributed by atoms with Gasteiger partial charge >= 0.3 is 0 Å². The monoisotopic (exact) mass is 304 g/mol. The number of ether oxygens (including phenoxy) is 2. The maximum absolute atomic E-state index is 5.56. The fourth-order valence-electron chi connectivity index (χ4n) is 2.89.